The number of nitrogens with one attached hydrogen (secondary N) is 2. The van der Waals surface area contributed by atoms with Crippen LogP contribution in [0.5, 0.6) is 5.75 Å². The lowest BCUT2D eigenvalue weighted by Crippen LogP contribution is -2.30. The zero-order chi connectivity index (χ0) is 27.5. The molecule has 0 radical (unpaired) electrons. The van der Waals surface area contributed by atoms with Crippen LogP contribution in [0.15, 0.2) is 79.1 Å². The summed E-state index contributed by atoms with van der Waals surface area (Å²) in [5.41, 5.74) is 5.12. The Hall–Kier alpha value is -3.92. The van der Waals surface area contributed by atoms with Crippen molar-refractivity contribution in [3.05, 3.63) is 101 Å². The first-order chi connectivity index (χ1) is 18.9. The second kappa shape index (κ2) is 11.4. The van der Waals surface area contributed by atoms with Crippen LogP contribution in [-0.4, -0.2) is 41.4 Å². The van der Waals surface area contributed by atoms with Gasteiger partial charge in [-0.15, -0.1) is 0 Å². The summed E-state index contributed by atoms with van der Waals surface area (Å²) in [6.45, 7) is 1.91. The maximum atomic E-state index is 12.4. The number of thiocarbonyl (C=S) groups is 1. The molecule has 1 fully saturated rings. The van der Waals surface area contributed by atoms with Crippen LogP contribution in [0.3, 0.4) is 0 Å². The monoisotopic (exact) mass is 561 g/mol. The number of rotatable bonds is 8. The molecule has 0 aliphatic carbocycles. The molecule has 5 rings (SSSR count). The Morgan fingerprint density at radius 3 is 2.64 bits per heavy atom. The number of halogens is 1. The van der Waals surface area contributed by atoms with E-state index in [1.807, 2.05) is 67.7 Å². The lowest BCUT2D eigenvalue weighted by atomic mass is 10.0. The molecule has 8 nitrogen and oxygen atoms in total. The number of aryl methyl sites for hydroxylation is 1. The molecule has 2 atom stereocenters. The van der Waals surface area contributed by atoms with Gasteiger partial charge in [0.05, 0.1) is 24.5 Å². The fraction of sp³-hybridized carbons (Fsp3) is 0.207. The molecule has 2 aromatic carbocycles. The van der Waals surface area contributed by atoms with Gasteiger partial charge in [0, 0.05) is 41.6 Å². The Balaban J connectivity index is 1.63. The normalized spacial score (nSPS) is 16.7. The van der Waals surface area contributed by atoms with Crippen molar-refractivity contribution in [2.24, 2.45) is 0 Å². The maximum absolute atomic E-state index is 12.4. The minimum absolute atomic E-state index is 0.0739. The molecule has 0 saturated carbocycles. The van der Waals surface area contributed by atoms with Crippen LogP contribution < -0.4 is 20.3 Å². The smallest absolute Gasteiger partial charge is 0.250 e. The van der Waals surface area contributed by atoms with E-state index < -0.39 is 0 Å². The molecular formula is C29H28ClN5O3S. The molecule has 39 heavy (non-hydrogen) atoms. The van der Waals surface area contributed by atoms with Crippen molar-refractivity contribution >= 4 is 46.2 Å². The third-order valence-corrected chi connectivity index (χ3v) is 7.35. The summed E-state index contributed by atoms with van der Waals surface area (Å²) >= 11 is 12.2. The van der Waals surface area contributed by atoms with Crippen molar-refractivity contribution in [1.82, 2.24) is 14.9 Å². The van der Waals surface area contributed by atoms with E-state index in [-0.39, 0.29) is 24.6 Å². The number of hydrogen-bond donors (Lipinski definition) is 2. The molecule has 200 valence electrons. The van der Waals surface area contributed by atoms with Gasteiger partial charge in [0.1, 0.15) is 18.4 Å². The van der Waals surface area contributed by atoms with Crippen LogP contribution in [0.2, 0.25) is 5.02 Å². The van der Waals surface area contributed by atoms with Gasteiger partial charge in [0.15, 0.2) is 5.11 Å². The van der Waals surface area contributed by atoms with Crippen molar-refractivity contribution in [2.75, 3.05) is 31.0 Å². The highest BCUT2D eigenvalue weighted by molar-refractivity contribution is 7.80. The summed E-state index contributed by atoms with van der Waals surface area (Å²) in [5.74, 6) is 0.240. The number of methoxy groups -OCH3 is 2. The summed E-state index contributed by atoms with van der Waals surface area (Å²) < 4.78 is 12.6. The first-order valence-electron chi connectivity index (χ1n) is 12.3. The van der Waals surface area contributed by atoms with Gasteiger partial charge >= 0.3 is 0 Å². The van der Waals surface area contributed by atoms with Gasteiger partial charge in [-0.3, -0.25) is 9.78 Å². The number of carbonyl (C=O) groups excluding carboxylic acids is 1. The van der Waals surface area contributed by atoms with Crippen LogP contribution >= 0.6 is 23.8 Å². The summed E-state index contributed by atoms with van der Waals surface area (Å²) in [5, 5.41) is 7.61. The van der Waals surface area contributed by atoms with Gasteiger partial charge in [-0.05, 0) is 85.4 Å². The highest BCUT2D eigenvalue weighted by Crippen LogP contribution is 2.44. The van der Waals surface area contributed by atoms with E-state index in [0.717, 1.165) is 28.3 Å². The van der Waals surface area contributed by atoms with Crippen LogP contribution in [0.1, 0.15) is 29.0 Å². The molecule has 1 aliphatic heterocycles. The van der Waals surface area contributed by atoms with Gasteiger partial charge < -0.3 is 29.6 Å². The second-order valence-corrected chi connectivity index (χ2v) is 9.89. The van der Waals surface area contributed by atoms with E-state index in [4.69, 9.17) is 33.3 Å². The lowest BCUT2D eigenvalue weighted by molar-refractivity contribution is -0.119. The van der Waals surface area contributed by atoms with Crippen molar-refractivity contribution in [2.45, 2.75) is 19.0 Å². The predicted molar refractivity (Wildman–Crippen MR) is 157 cm³/mol. The van der Waals surface area contributed by atoms with Gasteiger partial charge in [-0.2, -0.15) is 0 Å². The molecule has 1 amide bonds. The number of aromatic nitrogens is 2. The second-order valence-electron chi connectivity index (χ2n) is 9.10. The first kappa shape index (κ1) is 26.7. The number of pyridine rings is 1. The fourth-order valence-electron chi connectivity index (χ4n) is 4.84. The Bertz CT molecular complexity index is 1510. The maximum Gasteiger partial charge on any atom is 0.250 e. The summed E-state index contributed by atoms with van der Waals surface area (Å²) in [4.78, 5) is 19.1. The summed E-state index contributed by atoms with van der Waals surface area (Å²) in [6, 6.07) is 21.0. The van der Waals surface area contributed by atoms with E-state index >= 15 is 0 Å². The largest absolute Gasteiger partial charge is 0.495 e. The molecule has 1 aliphatic rings. The molecule has 0 spiro atoms. The van der Waals surface area contributed by atoms with Crippen LogP contribution in [0, 0.1) is 6.92 Å². The zero-order valence-electron chi connectivity index (χ0n) is 21.7. The number of amides is 1. The average Bonchev–Trinajstić information content (AvgIpc) is 3.55. The Morgan fingerprint density at radius 1 is 1.10 bits per heavy atom. The third-order valence-electron chi connectivity index (χ3n) is 6.61. The topological polar surface area (TPSA) is 80.7 Å². The molecule has 4 aromatic rings. The SMILES string of the molecule is COCC(=O)Nc1cc(N2C(=S)NC(c3ccccn3)C2c2cccn2-c2ccc(Cl)c(C)c2)ccc1OC. The van der Waals surface area contributed by atoms with Gasteiger partial charge in [-0.25, -0.2) is 0 Å². The highest BCUT2D eigenvalue weighted by Gasteiger charge is 2.42. The molecular weight excluding hydrogens is 534 g/mol. The predicted octanol–water partition coefficient (Wildman–Crippen LogP) is 5.60. The quantitative estimate of drug-likeness (QED) is 0.271. The molecule has 10 heteroatoms. The van der Waals surface area contributed by atoms with Gasteiger partial charge in [-0.1, -0.05) is 17.7 Å². The van der Waals surface area contributed by atoms with Crippen LogP contribution in [-0.2, 0) is 9.53 Å². The number of benzene rings is 2. The van der Waals surface area contributed by atoms with Crippen molar-refractivity contribution in [3.8, 4) is 11.4 Å². The average molecular weight is 562 g/mol. The molecule has 0 bridgehead atoms. The number of hydrogen-bond acceptors (Lipinski definition) is 5. The van der Waals surface area contributed by atoms with Crippen LogP contribution in [0.4, 0.5) is 11.4 Å². The van der Waals surface area contributed by atoms with Crippen molar-refractivity contribution in [3.63, 3.8) is 0 Å². The highest BCUT2D eigenvalue weighted by atomic mass is 35.5. The Kier molecular flexibility index (Phi) is 7.83. The number of anilines is 2. The summed E-state index contributed by atoms with van der Waals surface area (Å²) in [6.07, 6.45) is 3.80. The van der Waals surface area contributed by atoms with E-state index in [2.05, 4.69) is 37.2 Å². The Labute approximate surface area is 237 Å². The van der Waals surface area contributed by atoms with E-state index in [0.29, 0.717) is 21.6 Å². The first-order valence-corrected chi connectivity index (χ1v) is 13.1. The van der Waals surface area contributed by atoms with E-state index in [1.54, 1.807) is 13.3 Å². The molecule has 2 N–H and O–H groups in total. The van der Waals surface area contributed by atoms with Gasteiger partial charge in [0.25, 0.3) is 0 Å². The number of carbonyl (C=O) groups is 1. The summed E-state index contributed by atoms with van der Waals surface area (Å²) in [7, 11) is 3.03. The van der Waals surface area contributed by atoms with Crippen molar-refractivity contribution < 1.29 is 14.3 Å². The molecule has 2 unspecified atom stereocenters. The lowest BCUT2D eigenvalue weighted by Gasteiger charge is -2.29. The minimum atomic E-state index is -0.287. The number of nitrogens with zero attached hydrogens (tertiary/aromatic N) is 3. The number of ether oxygens (including phenoxy) is 2. The van der Waals surface area contributed by atoms with Gasteiger partial charge in [0.2, 0.25) is 5.91 Å². The third kappa shape index (κ3) is 5.34. The fourth-order valence-corrected chi connectivity index (χ4v) is 5.31. The zero-order valence-corrected chi connectivity index (χ0v) is 23.3. The van der Waals surface area contributed by atoms with Crippen molar-refractivity contribution in [1.29, 1.82) is 0 Å². The Morgan fingerprint density at radius 2 is 1.92 bits per heavy atom. The molecule has 3 heterocycles. The standard InChI is InChI=1S/C29H28ClN5O3S/c1-18-15-19(9-11-21(18)30)34-14-6-8-24(34)28-27(22-7-4-5-13-31-22)33-29(39)35(28)20-10-12-25(38-3)23(16-20)32-26(36)17-37-2/h4-16,27-28H,17H2,1-3H3,(H,32,36)(H,33,39). The van der Waals surface area contributed by atoms with Crippen LogP contribution in [0.25, 0.3) is 5.69 Å². The molecule has 2 aromatic heterocycles. The molecule has 1 saturated heterocycles. The van der Waals surface area contributed by atoms with E-state index in [9.17, 15) is 4.79 Å². The van der Waals surface area contributed by atoms with E-state index in [1.165, 1.54) is 7.11 Å². The minimum Gasteiger partial charge on any atom is -0.495 e.